The molecule has 5 aromatic rings. The van der Waals surface area contributed by atoms with E-state index in [1.54, 1.807) is 30.3 Å². The topological polar surface area (TPSA) is 169 Å². The molecule has 2 aromatic heterocycles. The van der Waals surface area contributed by atoms with Gasteiger partial charge in [-0.2, -0.15) is 0 Å². The zero-order valence-corrected chi connectivity index (χ0v) is 28.0. The number of anilines is 1. The number of carbonyl (C=O) groups is 1. The zero-order chi connectivity index (χ0) is 33.5. The van der Waals surface area contributed by atoms with Gasteiger partial charge in [-0.15, -0.1) is 0 Å². The molecule has 1 fully saturated rings. The van der Waals surface area contributed by atoms with Gasteiger partial charge in [-0.1, -0.05) is 99.6 Å². The Bertz CT molecular complexity index is 1880. The van der Waals surface area contributed by atoms with Crippen LogP contribution >= 0.6 is 7.60 Å². The molecule has 12 nitrogen and oxygen atoms in total. The lowest BCUT2D eigenvalue weighted by molar-refractivity contribution is -0.0562. The molecule has 0 radical (unpaired) electrons. The number of amides is 1. The van der Waals surface area contributed by atoms with E-state index in [-0.39, 0.29) is 23.6 Å². The van der Waals surface area contributed by atoms with Gasteiger partial charge in [-0.05, 0) is 27.5 Å². The van der Waals surface area contributed by atoms with Crippen molar-refractivity contribution in [2.45, 2.75) is 49.9 Å². The number of aromatic nitrogens is 4. The lowest BCUT2D eigenvalue weighted by Gasteiger charge is -2.44. The van der Waals surface area contributed by atoms with Crippen LogP contribution in [0.25, 0.3) is 11.2 Å². The third kappa shape index (κ3) is 5.96. The SMILES string of the molecule is CC(C)(C)[Si](OC[C@H]1O[C@@H](n2cnc3c(NC(=O)c4ccccc4)ncnc32)C[C@@]1(O)P(=O)(O)O)(c1ccccc1)c1ccccc1. The molecule has 1 aliphatic rings. The number of fused-ring (bicyclic) bond motifs is 1. The summed E-state index contributed by atoms with van der Waals surface area (Å²) in [6.45, 7) is 5.94. The Labute approximate surface area is 272 Å². The molecule has 0 aliphatic carbocycles. The highest BCUT2D eigenvalue weighted by Crippen LogP contribution is 2.59. The molecule has 0 spiro atoms. The molecule has 0 bridgehead atoms. The fraction of sp³-hybridized carbons (Fsp3) is 0.273. The van der Waals surface area contributed by atoms with E-state index in [1.165, 1.54) is 17.2 Å². The molecule has 3 heterocycles. The van der Waals surface area contributed by atoms with Gasteiger partial charge >= 0.3 is 7.60 Å². The molecule has 14 heteroatoms. The van der Waals surface area contributed by atoms with Crippen molar-refractivity contribution in [3.8, 4) is 0 Å². The van der Waals surface area contributed by atoms with E-state index in [1.807, 2.05) is 60.7 Å². The number of ether oxygens (including phenoxy) is 1. The Morgan fingerprint density at radius 1 is 0.979 bits per heavy atom. The van der Waals surface area contributed by atoms with E-state index in [0.29, 0.717) is 5.56 Å². The minimum atomic E-state index is -5.17. The maximum absolute atomic E-state index is 12.9. The van der Waals surface area contributed by atoms with Crippen LogP contribution in [0.4, 0.5) is 5.82 Å². The summed E-state index contributed by atoms with van der Waals surface area (Å²) >= 11 is 0. The first kappa shape index (κ1) is 32.9. The highest BCUT2D eigenvalue weighted by molar-refractivity contribution is 7.53. The Hall–Kier alpha value is -4.07. The van der Waals surface area contributed by atoms with Crippen LogP contribution in [0.15, 0.2) is 104 Å². The fourth-order valence-corrected chi connectivity index (χ4v) is 11.7. The summed E-state index contributed by atoms with van der Waals surface area (Å²) in [4.78, 5) is 46.7. The molecular formula is C33H36N5O7PSi. The Morgan fingerprint density at radius 3 is 2.11 bits per heavy atom. The summed E-state index contributed by atoms with van der Waals surface area (Å²) in [5, 5.41) is 13.4. The first-order valence-electron chi connectivity index (χ1n) is 15.1. The number of hydrogen-bond donors (Lipinski definition) is 4. The second kappa shape index (κ2) is 12.5. The van der Waals surface area contributed by atoms with Gasteiger partial charge in [0, 0.05) is 12.0 Å². The molecule has 0 saturated carbocycles. The number of benzene rings is 3. The Balaban J connectivity index is 1.34. The van der Waals surface area contributed by atoms with Crippen molar-refractivity contribution in [3.63, 3.8) is 0 Å². The average Bonchev–Trinajstić information content (AvgIpc) is 3.64. The van der Waals surface area contributed by atoms with E-state index < -0.39 is 51.0 Å². The van der Waals surface area contributed by atoms with Gasteiger partial charge in [-0.25, -0.2) is 15.0 Å². The van der Waals surface area contributed by atoms with Crippen LogP contribution in [-0.2, 0) is 13.7 Å². The van der Waals surface area contributed by atoms with Gasteiger partial charge in [0.15, 0.2) is 22.3 Å². The molecule has 6 rings (SSSR count). The molecule has 4 N–H and O–H groups in total. The van der Waals surface area contributed by atoms with Crippen LogP contribution in [0, 0.1) is 0 Å². The quantitative estimate of drug-likeness (QED) is 0.133. The second-order valence-corrected chi connectivity index (χ2v) is 18.7. The van der Waals surface area contributed by atoms with Crippen molar-refractivity contribution in [3.05, 3.63) is 109 Å². The monoisotopic (exact) mass is 673 g/mol. The minimum absolute atomic E-state index is 0.150. The van der Waals surface area contributed by atoms with Gasteiger partial charge in [0.2, 0.25) is 0 Å². The molecule has 244 valence electrons. The van der Waals surface area contributed by atoms with E-state index in [9.17, 15) is 24.3 Å². The van der Waals surface area contributed by atoms with Crippen LogP contribution in [0.1, 0.15) is 43.8 Å². The van der Waals surface area contributed by atoms with Crippen molar-refractivity contribution in [2.24, 2.45) is 0 Å². The Morgan fingerprint density at radius 2 is 1.55 bits per heavy atom. The number of nitrogens with zero attached hydrogens (tertiary/aromatic N) is 4. The maximum atomic E-state index is 12.9. The summed E-state index contributed by atoms with van der Waals surface area (Å²) in [7, 11) is -8.31. The Kier molecular flexibility index (Phi) is 8.74. The highest BCUT2D eigenvalue weighted by atomic mass is 31.2. The average molecular weight is 674 g/mol. The van der Waals surface area contributed by atoms with Crippen LogP contribution in [0.3, 0.4) is 0 Å². The van der Waals surface area contributed by atoms with E-state index in [2.05, 4.69) is 41.0 Å². The predicted octanol–water partition coefficient (Wildman–Crippen LogP) is 3.81. The molecule has 3 aromatic carbocycles. The number of carbonyl (C=O) groups excluding carboxylic acids is 1. The number of nitrogens with one attached hydrogen (secondary N) is 1. The zero-order valence-electron chi connectivity index (χ0n) is 26.1. The molecule has 1 amide bonds. The lowest BCUT2D eigenvalue weighted by atomic mass is 10.2. The van der Waals surface area contributed by atoms with Crippen molar-refractivity contribution in [1.29, 1.82) is 0 Å². The summed E-state index contributed by atoms with van der Waals surface area (Å²) in [6.07, 6.45) is -0.320. The van der Waals surface area contributed by atoms with E-state index in [0.717, 1.165) is 10.4 Å². The van der Waals surface area contributed by atoms with E-state index in [4.69, 9.17) is 9.16 Å². The third-order valence-electron chi connectivity index (χ3n) is 8.62. The summed E-state index contributed by atoms with van der Waals surface area (Å²) < 4.78 is 27.6. The summed E-state index contributed by atoms with van der Waals surface area (Å²) in [6, 6.07) is 28.2. The molecule has 3 atom stereocenters. The van der Waals surface area contributed by atoms with Crippen LogP contribution < -0.4 is 15.7 Å². The second-order valence-electron chi connectivity index (χ2n) is 12.5. The fourth-order valence-electron chi connectivity index (χ4n) is 6.26. The number of imidazole rings is 1. The standard InChI is InChI=1S/C33H36N5O7PSi/c1-32(2,3)47(24-15-9-5-10-16-24,25-17-11-6-12-18-25)44-20-26-33(40,46(41,42)43)19-27(45-26)38-22-36-28-29(34-21-35-30(28)38)37-31(39)23-13-7-4-8-14-23/h4-18,21-22,26-27,40H,19-20H2,1-3H3,(H2,41,42,43)(H,34,35,37,39)/t26-,27-,33-/m1/s1. The highest BCUT2D eigenvalue weighted by Gasteiger charge is 2.61. The normalized spacial score (nSPS) is 20.4. The smallest absolute Gasteiger partial charge is 0.359 e. The van der Waals surface area contributed by atoms with Crippen LogP contribution in [0.2, 0.25) is 5.04 Å². The molecule has 1 aliphatic heterocycles. The van der Waals surface area contributed by atoms with Crippen LogP contribution in [0.5, 0.6) is 0 Å². The van der Waals surface area contributed by atoms with Gasteiger partial charge in [0.05, 0.1) is 12.9 Å². The maximum Gasteiger partial charge on any atom is 0.359 e. The molecule has 47 heavy (non-hydrogen) atoms. The summed E-state index contributed by atoms with van der Waals surface area (Å²) in [5.74, 6) is -0.244. The van der Waals surface area contributed by atoms with Crippen molar-refractivity contribution in [2.75, 3.05) is 11.9 Å². The molecular weight excluding hydrogens is 637 g/mol. The molecule has 1 saturated heterocycles. The first-order valence-corrected chi connectivity index (χ1v) is 18.6. The van der Waals surface area contributed by atoms with Gasteiger partial charge in [0.25, 0.3) is 14.2 Å². The number of hydrogen-bond acceptors (Lipinski definition) is 8. The molecule has 0 unspecified atom stereocenters. The summed E-state index contributed by atoms with van der Waals surface area (Å²) in [5.41, 5.74) is 0.912. The largest absolute Gasteiger partial charge is 0.405 e. The van der Waals surface area contributed by atoms with E-state index >= 15 is 0 Å². The van der Waals surface area contributed by atoms with Crippen molar-refractivity contribution >= 4 is 49.2 Å². The third-order valence-corrected chi connectivity index (χ3v) is 15.1. The van der Waals surface area contributed by atoms with Gasteiger partial charge in [-0.3, -0.25) is 13.9 Å². The van der Waals surface area contributed by atoms with Crippen LogP contribution in [-0.4, -0.2) is 66.7 Å². The van der Waals surface area contributed by atoms with Gasteiger partial charge < -0.3 is 29.4 Å². The first-order chi connectivity index (χ1) is 22.3. The lowest BCUT2D eigenvalue weighted by Crippen LogP contribution is -2.67. The van der Waals surface area contributed by atoms with Gasteiger partial charge in [0.1, 0.15) is 18.7 Å². The predicted molar refractivity (Wildman–Crippen MR) is 179 cm³/mol. The van der Waals surface area contributed by atoms with Crippen molar-refractivity contribution in [1.82, 2.24) is 19.5 Å². The minimum Gasteiger partial charge on any atom is -0.405 e. The van der Waals surface area contributed by atoms with Crippen molar-refractivity contribution < 1.29 is 33.4 Å². The number of rotatable bonds is 9. The number of aliphatic hydroxyl groups is 1.